The molecule has 0 spiro atoms. The van der Waals surface area contributed by atoms with E-state index in [-0.39, 0.29) is 37.1 Å². The molecule has 2 N–H and O–H groups in total. The Kier molecular flexibility index (Phi) is 7.16. The van der Waals surface area contributed by atoms with Crippen LogP contribution in [0.3, 0.4) is 0 Å². The number of halogens is 2. The lowest BCUT2D eigenvalue weighted by atomic mass is 10.4. The summed E-state index contributed by atoms with van der Waals surface area (Å²) < 4.78 is 8.61. The zero-order chi connectivity index (χ0) is 22.5. The molecule has 2 amide bonds. The fourth-order valence-corrected chi connectivity index (χ4v) is 3.06. The van der Waals surface area contributed by atoms with Crippen molar-refractivity contribution in [3.63, 3.8) is 0 Å². The topological polar surface area (TPSA) is 176 Å². The molecule has 0 aliphatic carbocycles. The molecule has 3 aromatic rings. The van der Waals surface area contributed by atoms with Gasteiger partial charge in [-0.15, -0.1) is 0 Å². The Morgan fingerprint density at radius 1 is 1.35 bits per heavy atom. The number of aromatic nitrogens is 6. The lowest BCUT2D eigenvalue weighted by molar-refractivity contribution is -0.389. The van der Waals surface area contributed by atoms with E-state index in [0.29, 0.717) is 11.5 Å². The third kappa shape index (κ3) is 5.75. The van der Waals surface area contributed by atoms with Crippen LogP contribution in [0.25, 0.3) is 0 Å². The standard InChI is InChI=1S/C15H15ClIN9O5/c1-8-12(16)13(26(29)30)22-25(8)7-11(27)18-2-3-19-14(28)15-21-10(23-31-15)6-24-5-9(17)4-20-24/h4-5H,2-3,6-7H2,1H3,(H,18,27)(H,19,28). The summed E-state index contributed by atoms with van der Waals surface area (Å²) in [5.41, 5.74) is 0.300. The first-order chi connectivity index (χ1) is 14.7. The average Bonchev–Trinajstić information content (AvgIpc) is 3.42. The second kappa shape index (κ2) is 9.82. The van der Waals surface area contributed by atoms with E-state index in [4.69, 9.17) is 16.1 Å². The summed E-state index contributed by atoms with van der Waals surface area (Å²) >= 11 is 7.95. The van der Waals surface area contributed by atoms with E-state index >= 15 is 0 Å². The molecule has 3 heterocycles. The first-order valence-corrected chi connectivity index (χ1v) is 10.1. The third-order valence-electron chi connectivity index (χ3n) is 3.88. The molecule has 0 aliphatic heterocycles. The molecule has 3 rings (SSSR count). The summed E-state index contributed by atoms with van der Waals surface area (Å²) in [6.45, 7) is 1.71. The van der Waals surface area contributed by atoms with Crippen LogP contribution in [0.2, 0.25) is 5.02 Å². The fraction of sp³-hybridized carbons (Fsp3) is 0.333. The van der Waals surface area contributed by atoms with Crippen LogP contribution in [0.15, 0.2) is 16.9 Å². The molecule has 0 unspecified atom stereocenters. The van der Waals surface area contributed by atoms with Crippen molar-refractivity contribution in [2.24, 2.45) is 0 Å². The second-order valence-corrected chi connectivity index (χ2v) is 7.74. The van der Waals surface area contributed by atoms with Gasteiger partial charge in [0.2, 0.25) is 5.91 Å². The number of nitro groups is 1. The minimum atomic E-state index is -0.724. The summed E-state index contributed by atoms with van der Waals surface area (Å²) in [5, 5.41) is 27.3. The zero-order valence-electron chi connectivity index (χ0n) is 15.9. The Labute approximate surface area is 192 Å². The van der Waals surface area contributed by atoms with Crippen LogP contribution in [-0.4, -0.2) is 59.5 Å². The molecule has 0 saturated carbocycles. The molecule has 0 bridgehead atoms. The van der Waals surface area contributed by atoms with E-state index in [2.05, 4.69) is 53.6 Å². The van der Waals surface area contributed by atoms with Crippen LogP contribution >= 0.6 is 34.2 Å². The fourth-order valence-electron chi connectivity index (χ4n) is 2.40. The van der Waals surface area contributed by atoms with Crippen LogP contribution < -0.4 is 10.6 Å². The molecule has 0 aromatic carbocycles. The molecule has 0 atom stereocenters. The van der Waals surface area contributed by atoms with Gasteiger partial charge in [-0.2, -0.15) is 14.8 Å². The van der Waals surface area contributed by atoms with Gasteiger partial charge in [-0.3, -0.25) is 14.3 Å². The van der Waals surface area contributed by atoms with Crippen LogP contribution in [0.1, 0.15) is 22.2 Å². The molecule has 0 fully saturated rings. The van der Waals surface area contributed by atoms with Crippen molar-refractivity contribution in [3.8, 4) is 0 Å². The van der Waals surface area contributed by atoms with E-state index in [1.54, 1.807) is 17.1 Å². The summed E-state index contributed by atoms with van der Waals surface area (Å²) in [6.07, 6.45) is 3.46. The maximum Gasteiger partial charge on any atom is 0.408 e. The minimum Gasteiger partial charge on any atom is -0.358 e. The van der Waals surface area contributed by atoms with Crippen molar-refractivity contribution in [1.29, 1.82) is 0 Å². The average molecular weight is 564 g/mol. The van der Waals surface area contributed by atoms with E-state index in [0.717, 1.165) is 8.25 Å². The van der Waals surface area contributed by atoms with Gasteiger partial charge in [0, 0.05) is 19.3 Å². The highest BCUT2D eigenvalue weighted by Gasteiger charge is 2.25. The van der Waals surface area contributed by atoms with E-state index in [9.17, 15) is 19.7 Å². The molecule has 0 aliphatic rings. The normalized spacial score (nSPS) is 10.8. The molecule has 0 radical (unpaired) electrons. The van der Waals surface area contributed by atoms with Gasteiger partial charge in [0.1, 0.15) is 13.1 Å². The van der Waals surface area contributed by atoms with Crippen molar-refractivity contribution in [3.05, 3.63) is 48.5 Å². The molecule has 164 valence electrons. The highest BCUT2D eigenvalue weighted by Crippen LogP contribution is 2.26. The van der Waals surface area contributed by atoms with Crippen LogP contribution in [0.4, 0.5) is 5.82 Å². The Morgan fingerprint density at radius 3 is 2.74 bits per heavy atom. The minimum absolute atomic E-state index is 0.0959. The molecule has 0 saturated heterocycles. The van der Waals surface area contributed by atoms with Gasteiger partial charge in [0.25, 0.3) is 0 Å². The molecule has 31 heavy (non-hydrogen) atoms. The molecular weight excluding hydrogens is 549 g/mol. The van der Waals surface area contributed by atoms with Gasteiger partial charge in [-0.1, -0.05) is 16.8 Å². The Morgan fingerprint density at radius 2 is 2.10 bits per heavy atom. The maximum atomic E-state index is 12.1. The monoisotopic (exact) mass is 563 g/mol. The molecule has 14 nitrogen and oxygen atoms in total. The SMILES string of the molecule is Cc1c(Cl)c([N+](=O)[O-])nn1CC(=O)NCCNC(=O)c1nc(Cn2cc(I)cn2)no1. The predicted molar refractivity (Wildman–Crippen MR) is 112 cm³/mol. The highest BCUT2D eigenvalue weighted by atomic mass is 127. The Balaban J connectivity index is 1.42. The smallest absolute Gasteiger partial charge is 0.358 e. The van der Waals surface area contributed by atoms with Crippen molar-refractivity contribution < 1.29 is 19.0 Å². The molecular formula is C15H15ClIN9O5. The van der Waals surface area contributed by atoms with Gasteiger partial charge in [-0.25, -0.2) is 0 Å². The Bertz CT molecular complexity index is 1120. The van der Waals surface area contributed by atoms with Crippen molar-refractivity contribution in [2.45, 2.75) is 20.0 Å². The quantitative estimate of drug-likeness (QED) is 0.163. The number of nitrogens with one attached hydrogen (secondary N) is 2. The largest absolute Gasteiger partial charge is 0.408 e. The molecule has 16 heteroatoms. The number of carbonyl (C=O) groups excluding carboxylic acids is 2. The summed E-state index contributed by atoms with van der Waals surface area (Å²) in [4.78, 5) is 38.2. The third-order valence-corrected chi connectivity index (χ3v) is 4.88. The lowest BCUT2D eigenvalue weighted by Crippen LogP contribution is -2.36. The summed E-state index contributed by atoms with van der Waals surface area (Å²) in [7, 11) is 0. The number of nitrogens with zero attached hydrogens (tertiary/aromatic N) is 7. The van der Waals surface area contributed by atoms with Gasteiger partial charge < -0.3 is 25.3 Å². The van der Waals surface area contributed by atoms with Crippen LogP contribution in [0.5, 0.6) is 0 Å². The highest BCUT2D eigenvalue weighted by molar-refractivity contribution is 14.1. The number of rotatable bonds is 9. The molecule has 3 aromatic heterocycles. The Hall–Kier alpha value is -3.08. The number of hydrogen-bond donors (Lipinski definition) is 2. The van der Waals surface area contributed by atoms with E-state index < -0.39 is 22.6 Å². The maximum absolute atomic E-state index is 12.1. The van der Waals surface area contributed by atoms with Crippen LogP contribution in [0, 0.1) is 20.6 Å². The van der Waals surface area contributed by atoms with Gasteiger partial charge in [0.15, 0.2) is 10.8 Å². The first kappa shape index (κ1) is 22.6. The first-order valence-electron chi connectivity index (χ1n) is 8.67. The predicted octanol–water partition coefficient (Wildman–Crippen LogP) is 0.532. The van der Waals surface area contributed by atoms with Crippen molar-refractivity contribution in [1.82, 2.24) is 40.3 Å². The van der Waals surface area contributed by atoms with Gasteiger partial charge >= 0.3 is 17.6 Å². The number of carbonyl (C=O) groups is 2. The van der Waals surface area contributed by atoms with E-state index in [1.807, 2.05) is 0 Å². The zero-order valence-corrected chi connectivity index (χ0v) is 18.8. The van der Waals surface area contributed by atoms with Crippen molar-refractivity contribution >= 4 is 51.8 Å². The lowest BCUT2D eigenvalue weighted by Gasteiger charge is -2.05. The number of hydrogen-bond acceptors (Lipinski definition) is 9. The second-order valence-electron chi connectivity index (χ2n) is 6.12. The van der Waals surface area contributed by atoms with Gasteiger partial charge in [-0.05, 0) is 34.4 Å². The van der Waals surface area contributed by atoms with Crippen LogP contribution in [-0.2, 0) is 17.9 Å². The van der Waals surface area contributed by atoms with Crippen molar-refractivity contribution in [2.75, 3.05) is 13.1 Å². The van der Waals surface area contributed by atoms with Gasteiger partial charge in [0.05, 0.1) is 20.6 Å². The summed E-state index contributed by atoms with van der Waals surface area (Å²) in [5.74, 6) is -1.48. The number of amides is 2. The summed E-state index contributed by atoms with van der Waals surface area (Å²) in [6, 6.07) is 0. The van der Waals surface area contributed by atoms with E-state index in [1.165, 1.54) is 6.92 Å².